The Balaban J connectivity index is 0.000000292. The standard InChI is InChI=1S/C5H5ClN2.C3H8/c6-5-2-1-4(7)3-8-5;1-3-2/h1-3H,7H2;3H2,1-2H3. The van der Waals surface area contributed by atoms with Gasteiger partial charge >= 0.3 is 0 Å². The molecule has 1 aromatic heterocycles. The van der Waals surface area contributed by atoms with Crippen LogP contribution in [0.5, 0.6) is 0 Å². The van der Waals surface area contributed by atoms with Gasteiger partial charge in [-0.1, -0.05) is 31.9 Å². The highest BCUT2D eigenvalue weighted by Gasteiger charge is 1.83. The number of anilines is 1. The van der Waals surface area contributed by atoms with Crippen molar-refractivity contribution in [3.63, 3.8) is 0 Å². The van der Waals surface area contributed by atoms with Gasteiger partial charge in [-0.25, -0.2) is 4.98 Å². The van der Waals surface area contributed by atoms with Crippen LogP contribution >= 0.6 is 11.6 Å². The van der Waals surface area contributed by atoms with Crippen molar-refractivity contribution in [2.45, 2.75) is 20.3 Å². The van der Waals surface area contributed by atoms with Gasteiger partial charge in [0.05, 0.1) is 11.9 Å². The Labute approximate surface area is 72.4 Å². The maximum atomic E-state index is 5.44. The van der Waals surface area contributed by atoms with Crippen molar-refractivity contribution in [3.05, 3.63) is 23.5 Å². The van der Waals surface area contributed by atoms with Gasteiger partial charge in [-0.3, -0.25) is 0 Å². The highest BCUT2D eigenvalue weighted by Crippen LogP contribution is 2.04. The number of halogens is 1. The van der Waals surface area contributed by atoms with E-state index in [0.717, 1.165) is 0 Å². The van der Waals surface area contributed by atoms with Crippen LogP contribution in [-0.4, -0.2) is 4.98 Å². The molecule has 0 saturated heterocycles. The first-order valence-corrected chi connectivity index (χ1v) is 3.95. The molecule has 0 bridgehead atoms. The third kappa shape index (κ3) is 5.67. The van der Waals surface area contributed by atoms with Crippen LogP contribution in [0.4, 0.5) is 5.69 Å². The minimum absolute atomic E-state index is 0.471. The number of aromatic nitrogens is 1. The average Bonchev–Trinajstić information content (AvgIpc) is 1.97. The fourth-order valence-corrected chi connectivity index (χ4v) is 0.499. The van der Waals surface area contributed by atoms with Gasteiger partial charge in [0.2, 0.25) is 0 Å². The first-order valence-electron chi connectivity index (χ1n) is 3.57. The van der Waals surface area contributed by atoms with Crippen molar-refractivity contribution < 1.29 is 0 Å². The molecule has 0 saturated carbocycles. The van der Waals surface area contributed by atoms with Crippen molar-refractivity contribution in [2.24, 2.45) is 0 Å². The Morgan fingerprint density at radius 1 is 1.45 bits per heavy atom. The zero-order valence-corrected chi connectivity index (χ0v) is 7.60. The molecule has 1 aromatic rings. The molecule has 2 N–H and O–H groups in total. The summed E-state index contributed by atoms with van der Waals surface area (Å²) in [4.78, 5) is 3.72. The zero-order valence-electron chi connectivity index (χ0n) is 6.84. The molecule has 0 aliphatic carbocycles. The first kappa shape index (κ1) is 10.2. The van der Waals surface area contributed by atoms with Gasteiger partial charge in [0.25, 0.3) is 0 Å². The van der Waals surface area contributed by atoms with Crippen LogP contribution in [-0.2, 0) is 0 Å². The van der Waals surface area contributed by atoms with Crippen molar-refractivity contribution >= 4 is 17.3 Å². The summed E-state index contributed by atoms with van der Waals surface area (Å²) in [5.41, 5.74) is 5.94. The number of nitrogens with zero attached hydrogens (tertiary/aromatic N) is 1. The van der Waals surface area contributed by atoms with E-state index in [4.69, 9.17) is 17.3 Å². The van der Waals surface area contributed by atoms with E-state index in [9.17, 15) is 0 Å². The lowest BCUT2D eigenvalue weighted by molar-refractivity contribution is 1.09. The van der Waals surface area contributed by atoms with E-state index in [2.05, 4.69) is 18.8 Å². The Morgan fingerprint density at radius 2 is 2.00 bits per heavy atom. The lowest BCUT2D eigenvalue weighted by Gasteiger charge is -1.87. The number of nitrogen functional groups attached to an aromatic ring is 1. The lowest BCUT2D eigenvalue weighted by Crippen LogP contribution is -1.83. The number of hydrogen-bond acceptors (Lipinski definition) is 2. The summed E-state index contributed by atoms with van der Waals surface area (Å²) in [5, 5.41) is 0.471. The van der Waals surface area contributed by atoms with Crippen LogP contribution in [0.3, 0.4) is 0 Å². The van der Waals surface area contributed by atoms with Crippen LogP contribution in [0.1, 0.15) is 20.3 Å². The van der Waals surface area contributed by atoms with Gasteiger partial charge in [0.15, 0.2) is 0 Å². The van der Waals surface area contributed by atoms with Crippen molar-refractivity contribution in [1.29, 1.82) is 0 Å². The third-order valence-electron chi connectivity index (χ3n) is 0.750. The first-order chi connectivity index (χ1) is 5.20. The number of nitrogens with two attached hydrogens (primary N) is 1. The van der Waals surface area contributed by atoms with Crippen LogP contribution in [0.25, 0.3) is 0 Å². The molecule has 0 spiro atoms. The van der Waals surface area contributed by atoms with E-state index in [-0.39, 0.29) is 0 Å². The summed E-state index contributed by atoms with van der Waals surface area (Å²) in [5.74, 6) is 0. The van der Waals surface area contributed by atoms with Gasteiger partial charge in [-0.2, -0.15) is 0 Å². The largest absolute Gasteiger partial charge is 0.397 e. The maximum absolute atomic E-state index is 5.44. The summed E-state index contributed by atoms with van der Waals surface area (Å²) in [6, 6.07) is 3.35. The zero-order chi connectivity index (χ0) is 8.69. The molecule has 11 heavy (non-hydrogen) atoms. The molecule has 0 aliphatic heterocycles. The predicted molar refractivity (Wildman–Crippen MR) is 49.6 cm³/mol. The molecule has 62 valence electrons. The molecular weight excluding hydrogens is 160 g/mol. The normalized spacial score (nSPS) is 8.27. The van der Waals surface area contributed by atoms with Crippen LogP contribution < -0.4 is 5.73 Å². The summed E-state index contributed by atoms with van der Waals surface area (Å²) in [7, 11) is 0. The van der Waals surface area contributed by atoms with E-state index in [1.807, 2.05) is 0 Å². The smallest absolute Gasteiger partial charge is 0.129 e. The predicted octanol–water partition coefficient (Wildman–Crippen LogP) is 2.73. The molecule has 0 aromatic carbocycles. The SMILES string of the molecule is CCC.Nc1ccc(Cl)nc1. The summed E-state index contributed by atoms with van der Waals surface area (Å²) in [6.45, 7) is 4.25. The Kier molecular flexibility index (Phi) is 5.57. The lowest BCUT2D eigenvalue weighted by atomic mass is 10.4. The van der Waals surface area contributed by atoms with Gasteiger partial charge in [-0.15, -0.1) is 0 Å². The number of rotatable bonds is 0. The van der Waals surface area contributed by atoms with E-state index >= 15 is 0 Å². The molecule has 1 heterocycles. The molecule has 0 fully saturated rings. The van der Waals surface area contributed by atoms with Crippen LogP contribution in [0, 0.1) is 0 Å². The summed E-state index contributed by atoms with van der Waals surface area (Å²) < 4.78 is 0. The highest BCUT2D eigenvalue weighted by molar-refractivity contribution is 6.29. The molecule has 0 amide bonds. The molecule has 0 radical (unpaired) electrons. The number of hydrogen-bond donors (Lipinski definition) is 1. The van der Waals surface area contributed by atoms with E-state index < -0.39 is 0 Å². The minimum atomic E-state index is 0.471. The molecule has 0 unspecified atom stereocenters. The Hall–Kier alpha value is -0.760. The molecular formula is C8H13ClN2. The number of pyridine rings is 1. The van der Waals surface area contributed by atoms with Gasteiger partial charge in [0, 0.05) is 0 Å². The van der Waals surface area contributed by atoms with Gasteiger partial charge in [0.1, 0.15) is 5.15 Å². The van der Waals surface area contributed by atoms with Crippen LogP contribution in [0.2, 0.25) is 5.15 Å². The van der Waals surface area contributed by atoms with Crippen LogP contribution in [0.15, 0.2) is 18.3 Å². The average molecular weight is 173 g/mol. The minimum Gasteiger partial charge on any atom is -0.397 e. The Morgan fingerprint density at radius 3 is 2.27 bits per heavy atom. The summed E-state index contributed by atoms with van der Waals surface area (Å²) in [6.07, 6.45) is 2.77. The highest BCUT2D eigenvalue weighted by atomic mass is 35.5. The van der Waals surface area contributed by atoms with E-state index in [1.165, 1.54) is 12.6 Å². The maximum Gasteiger partial charge on any atom is 0.129 e. The third-order valence-corrected chi connectivity index (χ3v) is 0.974. The molecule has 0 aliphatic rings. The second-order valence-electron chi connectivity index (χ2n) is 2.12. The quantitative estimate of drug-likeness (QED) is 0.612. The van der Waals surface area contributed by atoms with Crippen molar-refractivity contribution in [1.82, 2.24) is 4.98 Å². The fourth-order valence-electron chi connectivity index (χ4n) is 0.387. The van der Waals surface area contributed by atoms with Gasteiger partial charge in [-0.05, 0) is 12.1 Å². The van der Waals surface area contributed by atoms with E-state index in [0.29, 0.717) is 10.8 Å². The van der Waals surface area contributed by atoms with Gasteiger partial charge < -0.3 is 5.73 Å². The fraction of sp³-hybridized carbons (Fsp3) is 0.375. The Bertz CT molecular complexity index is 163. The van der Waals surface area contributed by atoms with Crippen molar-refractivity contribution in [3.8, 4) is 0 Å². The second-order valence-corrected chi connectivity index (χ2v) is 2.51. The molecule has 0 atom stereocenters. The summed E-state index contributed by atoms with van der Waals surface area (Å²) >= 11 is 5.44. The van der Waals surface area contributed by atoms with Crippen molar-refractivity contribution in [2.75, 3.05) is 5.73 Å². The molecule has 2 nitrogen and oxygen atoms in total. The monoisotopic (exact) mass is 172 g/mol. The topological polar surface area (TPSA) is 38.9 Å². The molecule has 1 rings (SSSR count). The van der Waals surface area contributed by atoms with E-state index in [1.54, 1.807) is 12.1 Å². The second kappa shape index (κ2) is 5.98. The molecule has 3 heteroatoms.